The van der Waals surface area contributed by atoms with Crippen LogP contribution in [0.4, 0.5) is 5.69 Å². The number of hydrogen-bond acceptors (Lipinski definition) is 3. The molecule has 146 valence electrons. The Morgan fingerprint density at radius 3 is 2.60 bits per heavy atom. The molecule has 0 radical (unpaired) electrons. The maximum Gasteiger partial charge on any atom is 0.335 e. The van der Waals surface area contributed by atoms with Gasteiger partial charge in [0.1, 0.15) is 0 Å². The summed E-state index contributed by atoms with van der Waals surface area (Å²) in [7, 11) is 0. The van der Waals surface area contributed by atoms with Crippen molar-refractivity contribution in [2.45, 2.75) is 24.3 Å². The molecule has 1 amide bonds. The summed E-state index contributed by atoms with van der Waals surface area (Å²) >= 11 is 0. The van der Waals surface area contributed by atoms with Crippen molar-refractivity contribution in [2.24, 2.45) is 0 Å². The minimum atomic E-state index is -0.982. The van der Waals surface area contributed by atoms with E-state index < -0.39 is 11.4 Å². The van der Waals surface area contributed by atoms with Crippen molar-refractivity contribution in [1.82, 2.24) is 0 Å². The molecule has 1 heterocycles. The predicted molar refractivity (Wildman–Crippen MR) is 111 cm³/mol. The Hall–Kier alpha value is -3.91. The van der Waals surface area contributed by atoms with Crippen LogP contribution < -0.4 is 4.90 Å². The molecule has 0 aromatic heterocycles. The lowest BCUT2D eigenvalue weighted by atomic mass is 9.92. The number of fused-ring (bicyclic) bond motifs is 2. The molecule has 0 unspecified atom stereocenters. The van der Waals surface area contributed by atoms with Gasteiger partial charge in [0.05, 0.1) is 29.2 Å². The first-order valence-corrected chi connectivity index (χ1v) is 9.78. The molecule has 0 bridgehead atoms. The van der Waals surface area contributed by atoms with Crippen molar-refractivity contribution in [3.8, 4) is 6.07 Å². The zero-order valence-corrected chi connectivity index (χ0v) is 16.1. The van der Waals surface area contributed by atoms with E-state index in [2.05, 4.69) is 6.07 Å². The van der Waals surface area contributed by atoms with Crippen LogP contribution in [-0.2, 0) is 16.8 Å². The molecule has 1 N–H and O–H groups in total. The zero-order chi connectivity index (χ0) is 20.9. The summed E-state index contributed by atoms with van der Waals surface area (Å²) in [5.74, 6) is -0.849. The van der Waals surface area contributed by atoms with E-state index in [0.29, 0.717) is 12.1 Å². The quantitative estimate of drug-likeness (QED) is 0.718. The standard InChI is InChI=1S/C25H18N2O3/c26-14-16-8-10-18(11-9-16)21-13-25(21)20-6-1-2-7-22(20)27(24(25)30)15-17-4-3-5-19(12-17)23(28)29/h1-12,21H,13,15H2,(H,28,29)/t21-,25-/m1/s1. The number of anilines is 1. The van der Waals surface area contributed by atoms with Crippen molar-refractivity contribution in [2.75, 3.05) is 4.90 Å². The van der Waals surface area contributed by atoms with Gasteiger partial charge in [0, 0.05) is 11.6 Å². The van der Waals surface area contributed by atoms with Gasteiger partial charge in [0.2, 0.25) is 5.91 Å². The maximum absolute atomic E-state index is 13.6. The van der Waals surface area contributed by atoms with Crippen molar-refractivity contribution in [1.29, 1.82) is 5.26 Å². The number of amides is 1. The third kappa shape index (κ3) is 2.61. The van der Waals surface area contributed by atoms with Crippen LogP contribution in [0.15, 0.2) is 72.8 Å². The first kappa shape index (κ1) is 18.1. The number of nitriles is 1. The van der Waals surface area contributed by atoms with E-state index >= 15 is 0 Å². The molecular weight excluding hydrogens is 376 g/mol. The topological polar surface area (TPSA) is 81.4 Å². The average molecular weight is 394 g/mol. The fraction of sp³-hybridized carbons (Fsp3) is 0.160. The Balaban J connectivity index is 1.50. The first-order valence-electron chi connectivity index (χ1n) is 9.78. The highest BCUT2D eigenvalue weighted by molar-refractivity contribution is 6.11. The van der Waals surface area contributed by atoms with Crippen LogP contribution in [0.25, 0.3) is 0 Å². The van der Waals surface area contributed by atoms with E-state index in [1.54, 1.807) is 35.2 Å². The molecule has 1 aliphatic heterocycles. The largest absolute Gasteiger partial charge is 0.478 e. The highest BCUT2D eigenvalue weighted by Gasteiger charge is 2.66. The third-order valence-corrected chi connectivity index (χ3v) is 6.22. The van der Waals surface area contributed by atoms with Crippen LogP contribution in [0.2, 0.25) is 0 Å². The molecule has 1 fully saturated rings. The average Bonchev–Trinajstić information content (AvgIpc) is 3.49. The molecule has 3 aromatic carbocycles. The van der Waals surface area contributed by atoms with Gasteiger partial charge in [0.25, 0.3) is 0 Å². The Kier molecular flexibility index (Phi) is 3.97. The fourth-order valence-corrected chi connectivity index (χ4v) is 4.68. The molecule has 5 nitrogen and oxygen atoms in total. The van der Waals surface area contributed by atoms with Gasteiger partial charge in [-0.3, -0.25) is 4.79 Å². The number of nitrogens with zero attached hydrogens (tertiary/aromatic N) is 2. The van der Waals surface area contributed by atoms with Crippen LogP contribution in [0, 0.1) is 11.3 Å². The van der Waals surface area contributed by atoms with Crippen LogP contribution in [-0.4, -0.2) is 17.0 Å². The number of carboxylic acids is 1. The van der Waals surface area contributed by atoms with Gasteiger partial charge in [-0.15, -0.1) is 0 Å². The lowest BCUT2D eigenvalue weighted by Crippen LogP contribution is -2.32. The molecule has 1 aliphatic carbocycles. The monoisotopic (exact) mass is 394 g/mol. The van der Waals surface area contributed by atoms with E-state index in [4.69, 9.17) is 5.26 Å². The molecule has 5 rings (SSSR count). The molecule has 30 heavy (non-hydrogen) atoms. The van der Waals surface area contributed by atoms with Crippen LogP contribution in [0.5, 0.6) is 0 Å². The van der Waals surface area contributed by atoms with Crippen molar-refractivity contribution in [3.05, 3.63) is 101 Å². The number of carbonyl (C=O) groups excluding carboxylic acids is 1. The number of rotatable bonds is 4. The smallest absolute Gasteiger partial charge is 0.335 e. The minimum Gasteiger partial charge on any atom is -0.478 e. The SMILES string of the molecule is N#Cc1ccc([C@H]2C[C@]23C(=O)N(Cc2cccc(C(=O)O)c2)c2ccccc23)cc1. The summed E-state index contributed by atoms with van der Waals surface area (Å²) < 4.78 is 0. The van der Waals surface area contributed by atoms with E-state index in [-0.39, 0.29) is 17.4 Å². The fourth-order valence-electron chi connectivity index (χ4n) is 4.68. The molecule has 1 saturated carbocycles. The molecule has 1 spiro atoms. The lowest BCUT2D eigenvalue weighted by molar-refractivity contribution is -0.120. The van der Waals surface area contributed by atoms with E-state index in [1.165, 1.54) is 0 Å². The predicted octanol–water partition coefficient (Wildman–Crippen LogP) is 4.23. The second-order valence-electron chi connectivity index (χ2n) is 7.88. The van der Waals surface area contributed by atoms with Crippen LogP contribution >= 0.6 is 0 Å². The number of carbonyl (C=O) groups is 2. The van der Waals surface area contributed by atoms with Gasteiger partial charge in [-0.05, 0) is 53.4 Å². The van der Waals surface area contributed by atoms with E-state index in [0.717, 1.165) is 28.8 Å². The molecular formula is C25H18N2O3. The minimum absolute atomic E-state index is 0.0544. The van der Waals surface area contributed by atoms with Gasteiger partial charge < -0.3 is 10.0 Å². The summed E-state index contributed by atoms with van der Waals surface area (Å²) in [6.45, 7) is 0.332. The zero-order valence-electron chi connectivity index (χ0n) is 16.1. The normalized spacial score (nSPS) is 21.4. The summed E-state index contributed by atoms with van der Waals surface area (Å²) in [5.41, 5.74) is 4.00. The number of benzene rings is 3. The van der Waals surface area contributed by atoms with Gasteiger partial charge in [-0.2, -0.15) is 5.26 Å². The maximum atomic E-state index is 13.6. The van der Waals surface area contributed by atoms with Gasteiger partial charge >= 0.3 is 5.97 Å². The van der Waals surface area contributed by atoms with Crippen LogP contribution in [0.1, 0.15) is 45.0 Å². The molecule has 2 atom stereocenters. The highest BCUT2D eigenvalue weighted by Crippen LogP contribution is 2.66. The van der Waals surface area contributed by atoms with Crippen molar-refractivity contribution >= 4 is 17.6 Å². The Labute approximate surface area is 173 Å². The summed E-state index contributed by atoms with van der Waals surface area (Å²) in [4.78, 5) is 26.7. The second kappa shape index (κ2) is 6.57. The second-order valence-corrected chi connectivity index (χ2v) is 7.88. The Bertz CT molecular complexity index is 1230. The van der Waals surface area contributed by atoms with E-state index in [9.17, 15) is 14.7 Å². The van der Waals surface area contributed by atoms with Crippen molar-refractivity contribution in [3.63, 3.8) is 0 Å². The highest BCUT2D eigenvalue weighted by atomic mass is 16.4. The Morgan fingerprint density at radius 2 is 1.87 bits per heavy atom. The molecule has 3 aromatic rings. The van der Waals surface area contributed by atoms with Crippen LogP contribution in [0.3, 0.4) is 0 Å². The Morgan fingerprint density at radius 1 is 1.10 bits per heavy atom. The summed E-state index contributed by atoms with van der Waals surface area (Å²) in [5, 5.41) is 18.3. The number of carboxylic acid groups (broad SMARTS) is 1. The lowest BCUT2D eigenvalue weighted by Gasteiger charge is -2.19. The number of para-hydroxylation sites is 1. The number of aromatic carboxylic acids is 1. The molecule has 5 heteroatoms. The number of hydrogen-bond donors (Lipinski definition) is 1. The van der Waals surface area contributed by atoms with Gasteiger partial charge in [-0.25, -0.2) is 4.79 Å². The van der Waals surface area contributed by atoms with Gasteiger partial charge in [0.15, 0.2) is 0 Å². The van der Waals surface area contributed by atoms with E-state index in [1.807, 2.05) is 42.5 Å². The molecule has 2 aliphatic rings. The third-order valence-electron chi connectivity index (χ3n) is 6.22. The van der Waals surface area contributed by atoms with Gasteiger partial charge in [-0.1, -0.05) is 42.5 Å². The first-order chi connectivity index (χ1) is 14.5. The van der Waals surface area contributed by atoms with Crippen molar-refractivity contribution < 1.29 is 14.7 Å². The summed E-state index contributed by atoms with van der Waals surface area (Å²) in [6.07, 6.45) is 0.737. The summed E-state index contributed by atoms with van der Waals surface area (Å²) in [6, 6.07) is 24.2. The molecule has 0 saturated heterocycles.